The van der Waals surface area contributed by atoms with Crippen LogP contribution in [0.15, 0.2) is 60.7 Å². The molecule has 0 fully saturated rings. The number of aryl methyl sites for hydroxylation is 2. The Kier molecular flexibility index (Phi) is 6.36. The van der Waals surface area contributed by atoms with Crippen LogP contribution < -0.4 is 14.8 Å². The minimum absolute atomic E-state index is 0.0790. The quantitative estimate of drug-likeness (QED) is 0.554. The lowest BCUT2D eigenvalue weighted by Crippen LogP contribution is -2.32. The van der Waals surface area contributed by atoms with Crippen LogP contribution in [-0.2, 0) is 11.3 Å². The van der Waals surface area contributed by atoms with E-state index in [-0.39, 0.29) is 18.2 Å². The van der Waals surface area contributed by atoms with E-state index in [4.69, 9.17) is 9.47 Å². The van der Waals surface area contributed by atoms with E-state index in [1.807, 2.05) is 68.4 Å². The number of carbonyl (C=O) groups excluding carboxylic acids is 2. The summed E-state index contributed by atoms with van der Waals surface area (Å²) in [7, 11) is 3.15. The maximum Gasteiger partial charge on any atom is 0.255 e. The molecular formula is C27H28N2O4. The standard InChI is InChI=1S/C27H28N2O4/c1-17-9-11-22(18(2)13-17)28-26(30)15-23(19-10-12-24(32-3)25(14-19)33-4)29-16-20-7-5-6-8-21(20)27(29)31/h5-14,23H,15-16H2,1-4H3,(H,28,30)/t23-/m1/s1. The Labute approximate surface area is 194 Å². The van der Waals surface area contributed by atoms with Gasteiger partial charge in [0.1, 0.15) is 0 Å². The maximum absolute atomic E-state index is 13.3. The summed E-state index contributed by atoms with van der Waals surface area (Å²) in [6.07, 6.45) is 0.114. The number of nitrogens with one attached hydrogen (secondary N) is 1. The zero-order valence-electron chi connectivity index (χ0n) is 19.3. The van der Waals surface area contributed by atoms with E-state index in [0.29, 0.717) is 23.6 Å². The molecule has 0 aromatic heterocycles. The highest BCUT2D eigenvalue weighted by Gasteiger charge is 2.35. The van der Waals surface area contributed by atoms with Crippen LogP contribution in [0.3, 0.4) is 0 Å². The molecule has 6 heteroatoms. The summed E-state index contributed by atoms with van der Waals surface area (Å²) in [6.45, 7) is 4.43. The molecule has 0 spiro atoms. The summed E-state index contributed by atoms with van der Waals surface area (Å²) < 4.78 is 10.8. The Morgan fingerprint density at radius 3 is 2.45 bits per heavy atom. The van der Waals surface area contributed by atoms with Gasteiger partial charge in [-0.25, -0.2) is 0 Å². The minimum atomic E-state index is -0.463. The van der Waals surface area contributed by atoms with Crippen molar-refractivity contribution in [3.63, 3.8) is 0 Å². The van der Waals surface area contributed by atoms with Crippen molar-refractivity contribution in [3.8, 4) is 11.5 Å². The molecule has 1 N–H and O–H groups in total. The number of anilines is 1. The van der Waals surface area contributed by atoms with Crippen LogP contribution in [0.1, 0.15) is 45.1 Å². The molecule has 3 aromatic rings. The lowest BCUT2D eigenvalue weighted by atomic mass is 10.0. The van der Waals surface area contributed by atoms with Crippen LogP contribution in [0.2, 0.25) is 0 Å². The molecule has 4 rings (SSSR count). The predicted octanol–water partition coefficient (Wildman–Crippen LogP) is 5.05. The third kappa shape index (κ3) is 4.55. The highest BCUT2D eigenvalue weighted by atomic mass is 16.5. The SMILES string of the molecule is COc1ccc([C@@H](CC(=O)Nc2ccc(C)cc2C)N2Cc3ccccc3C2=O)cc1OC. The van der Waals surface area contributed by atoms with Crippen LogP contribution in [0, 0.1) is 13.8 Å². The summed E-state index contributed by atoms with van der Waals surface area (Å²) in [6, 6.07) is 18.5. The second-order valence-corrected chi connectivity index (χ2v) is 8.29. The molecule has 0 aliphatic carbocycles. The molecule has 3 aromatic carbocycles. The number of methoxy groups -OCH3 is 2. The van der Waals surface area contributed by atoms with Gasteiger partial charge in [-0.15, -0.1) is 0 Å². The van der Waals surface area contributed by atoms with Crippen LogP contribution in [-0.4, -0.2) is 30.9 Å². The van der Waals surface area contributed by atoms with Crippen LogP contribution >= 0.6 is 0 Å². The van der Waals surface area contributed by atoms with Crippen molar-refractivity contribution in [2.45, 2.75) is 32.9 Å². The van der Waals surface area contributed by atoms with E-state index in [1.54, 1.807) is 25.2 Å². The Morgan fingerprint density at radius 1 is 1.00 bits per heavy atom. The lowest BCUT2D eigenvalue weighted by Gasteiger charge is -2.28. The van der Waals surface area contributed by atoms with Crippen molar-refractivity contribution in [3.05, 3.63) is 88.5 Å². The van der Waals surface area contributed by atoms with Gasteiger partial charge in [0, 0.05) is 17.8 Å². The third-order valence-electron chi connectivity index (χ3n) is 6.05. The second-order valence-electron chi connectivity index (χ2n) is 8.29. The van der Waals surface area contributed by atoms with Crippen LogP contribution in [0.5, 0.6) is 11.5 Å². The molecular weight excluding hydrogens is 416 g/mol. The Morgan fingerprint density at radius 2 is 1.76 bits per heavy atom. The summed E-state index contributed by atoms with van der Waals surface area (Å²) in [4.78, 5) is 28.2. The van der Waals surface area contributed by atoms with Gasteiger partial charge in [0.25, 0.3) is 5.91 Å². The monoisotopic (exact) mass is 444 g/mol. The molecule has 33 heavy (non-hydrogen) atoms. The first-order chi connectivity index (χ1) is 15.9. The molecule has 1 aliphatic rings. The fourth-order valence-electron chi connectivity index (χ4n) is 4.33. The summed E-state index contributed by atoms with van der Waals surface area (Å²) in [5, 5.41) is 3.02. The second kappa shape index (κ2) is 9.36. The first-order valence-corrected chi connectivity index (χ1v) is 10.9. The number of nitrogens with zero attached hydrogens (tertiary/aromatic N) is 1. The number of hydrogen-bond donors (Lipinski definition) is 1. The first-order valence-electron chi connectivity index (χ1n) is 10.9. The average molecular weight is 445 g/mol. The zero-order chi connectivity index (χ0) is 23.5. The topological polar surface area (TPSA) is 67.9 Å². The molecule has 1 heterocycles. The first kappa shape index (κ1) is 22.4. The van der Waals surface area contributed by atoms with E-state index in [9.17, 15) is 9.59 Å². The summed E-state index contributed by atoms with van der Waals surface area (Å²) >= 11 is 0. The number of amides is 2. The Hall–Kier alpha value is -3.80. The van der Waals surface area contributed by atoms with Gasteiger partial charge in [-0.05, 0) is 54.8 Å². The Bertz CT molecular complexity index is 1200. The van der Waals surface area contributed by atoms with Gasteiger partial charge >= 0.3 is 0 Å². The number of hydrogen-bond acceptors (Lipinski definition) is 4. The molecule has 170 valence electrons. The number of benzene rings is 3. The summed E-state index contributed by atoms with van der Waals surface area (Å²) in [5.74, 6) is 0.907. The van der Waals surface area contributed by atoms with Crippen molar-refractivity contribution >= 4 is 17.5 Å². The lowest BCUT2D eigenvalue weighted by molar-refractivity contribution is -0.117. The van der Waals surface area contributed by atoms with E-state index in [1.165, 1.54) is 0 Å². The highest BCUT2D eigenvalue weighted by molar-refractivity contribution is 5.99. The molecule has 6 nitrogen and oxygen atoms in total. The zero-order valence-corrected chi connectivity index (χ0v) is 19.3. The van der Waals surface area contributed by atoms with Gasteiger partial charge in [-0.2, -0.15) is 0 Å². The van der Waals surface area contributed by atoms with E-state index < -0.39 is 6.04 Å². The van der Waals surface area contributed by atoms with Gasteiger partial charge in [0.15, 0.2) is 11.5 Å². The van der Waals surface area contributed by atoms with E-state index >= 15 is 0 Å². The molecule has 2 amide bonds. The minimum Gasteiger partial charge on any atom is -0.493 e. The fraction of sp³-hybridized carbons (Fsp3) is 0.259. The number of ether oxygens (including phenoxy) is 2. The van der Waals surface area contributed by atoms with E-state index in [2.05, 4.69) is 5.32 Å². The van der Waals surface area contributed by atoms with Gasteiger partial charge < -0.3 is 19.7 Å². The largest absolute Gasteiger partial charge is 0.493 e. The molecule has 0 saturated carbocycles. The van der Waals surface area contributed by atoms with Crippen molar-refractivity contribution in [2.75, 3.05) is 19.5 Å². The van der Waals surface area contributed by atoms with Crippen LogP contribution in [0.25, 0.3) is 0 Å². The highest BCUT2D eigenvalue weighted by Crippen LogP contribution is 2.37. The number of rotatable bonds is 7. The van der Waals surface area contributed by atoms with Crippen LogP contribution in [0.4, 0.5) is 5.69 Å². The molecule has 1 aliphatic heterocycles. The van der Waals surface area contributed by atoms with Gasteiger partial charge in [0.2, 0.25) is 5.91 Å². The van der Waals surface area contributed by atoms with Gasteiger partial charge in [-0.3, -0.25) is 9.59 Å². The van der Waals surface area contributed by atoms with Gasteiger partial charge in [0.05, 0.1) is 26.7 Å². The smallest absolute Gasteiger partial charge is 0.255 e. The normalized spacial score (nSPS) is 13.5. The van der Waals surface area contributed by atoms with Crippen molar-refractivity contribution < 1.29 is 19.1 Å². The molecule has 0 unspecified atom stereocenters. The Balaban J connectivity index is 1.66. The van der Waals surface area contributed by atoms with E-state index in [0.717, 1.165) is 27.9 Å². The molecule has 0 bridgehead atoms. The van der Waals surface area contributed by atoms with Crippen molar-refractivity contribution in [1.29, 1.82) is 0 Å². The van der Waals surface area contributed by atoms with Crippen molar-refractivity contribution in [1.82, 2.24) is 4.90 Å². The maximum atomic E-state index is 13.3. The molecule has 1 atom stereocenters. The molecule has 0 radical (unpaired) electrons. The number of fused-ring (bicyclic) bond motifs is 1. The third-order valence-corrected chi connectivity index (χ3v) is 6.05. The predicted molar refractivity (Wildman–Crippen MR) is 128 cm³/mol. The van der Waals surface area contributed by atoms with Gasteiger partial charge in [-0.1, -0.05) is 42.0 Å². The fourth-order valence-corrected chi connectivity index (χ4v) is 4.33. The number of carbonyl (C=O) groups is 2. The molecule has 0 saturated heterocycles. The average Bonchev–Trinajstić information content (AvgIpc) is 3.15. The summed E-state index contributed by atoms with van der Waals surface area (Å²) in [5.41, 5.74) is 5.35. The van der Waals surface area contributed by atoms with Crippen molar-refractivity contribution in [2.24, 2.45) is 0 Å².